The number of methoxy groups -OCH3 is 2. The summed E-state index contributed by atoms with van der Waals surface area (Å²) in [4.78, 5) is 16.2. The quantitative estimate of drug-likeness (QED) is 0.596. The molecule has 0 saturated heterocycles. The van der Waals surface area contributed by atoms with Gasteiger partial charge in [0.2, 0.25) is 12.1 Å². The van der Waals surface area contributed by atoms with E-state index in [4.69, 9.17) is 9.47 Å². The third-order valence-corrected chi connectivity index (χ3v) is 2.53. The van der Waals surface area contributed by atoms with E-state index in [1.807, 2.05) is 18.2 Å². The Kier molecular flexibility index (Phi) is 3.46. The summed E-state index contributed by atoms with van der Waals surface area (Å²) in [6.07, 6.45) is 0.862. The lowest BCUT2D eigenvalue weighted by molar-refractivity contribution is -0.0742. The Morgan fingerprint density at radius 3 is 2.71 bits per heavy atom. The van der Waals surface area contributed by atoms with E-state index in [0.29, 0.717) is 5.56 Å². The van der Waals surface area contributed by atoms with Crippen LogP contribution in [0.25, 0.3) is 10.9 Å². The summed E-state index contributed by atoms with van der Waals surface area (Å²) in [7, 11) is 2.88. The number of rotatable bonds is 4. The number of Topliss-reactive ketones (excluding diaryl/α,β-unsaturated/α-hetero) is 1. The standard InChI is InChI=1S/C13H13NO3/c1-16-13(17-2)12(15)10-5-6-11-9(8-10)4-3-7-14-11/h3-8,13H,1-2H3. The molecule has 0 amide bonds. The average Bonchev–Trinajstić information content (AvgIpc) is 2.39. The van der Waals surface area contributed by atoms with Gasteiger partial charge in [-0.05, 0) is 24.3 Å². The van der Waals surface area contributed by atoms with E-state index in [2.05, 4.69) is 4.98 Å². The third kappa shape index (κ3) is 2.33. The minimum atomic E-state index is -0.857. The zero-order valence-electron chi connectivity index (χ0n) is 9.71. The van der Waals surface area contributed by atoms with Gasteiger partial charge in [0, 0.05) is 31.4 Å². The molecule has 0 N–H and O–H groups in total. The summed E-state index contributed by atoms with van der Waals surface area (Å²) in [5.74, 6) is -0.194. The van der Waals surface area contributed by atoms with Gasteiger partial charge in [-0.25, -0.2) is 0 Å². The molecule has 1 aromatic carbocycles. The fourth-order valence-electron chi connectivity index (χ4n) is 1.68. The topological polar surface area (TPSA) is 48.4 Å². The molecule has 0 radical (unpaired) electrons. The molecule has 0 aliphatic heterocycles. The Hall–Kier alpha value is -1.78. The molecule has 4 heteroatoms. The van der Waals surface area contributed by atoms with E-state index >= 15 is 0 Å². The Morgan fingerprint density at radius 1 is 1.24 bits per heavy atom. The van der Waals surface area contributed by atoms with Crippen LogP contribution >= 0.6 is 0 Å². The van der Waals surface area contributed by atoms with Crippen LogP contribution < -0.4 is 0 Å². The summed E-state index contributed by atoms with van der Waals surface area (Å²) >= 11 is 0. The van der Waals surface area contributed by atoms with Crippen molar-refractivity contribution in [1.29, 1.82) is 0 Å². The van der Waals surface area contributed by atoms with E-state index in [1.165, 1.54) is 14.2 Å². The lowest BCUT2D eigenvalue weighted by Gasteiger charge is -2.12. The zero-order valence-corrected chi connectivity index (χ0v) is 9.71. The second-order valence-corrected chi connectivity index (χ2v) is 3.58. The molecular weight excluding hydrogens is 218 g/mol. The molecule has 1 heterocycles. The Morgan fingerprint density at radius 2 is 2.00 bits per heavy atom. The number of pyridine rings is 1. The first-order chi connectivity index (χ1) is 8.26. The molecule has 0 saturated carbocycles. The summed E-state index contributed by atoms with van der Waals surface area (Å²) in [6.45, 7) is 0. The van der Waals surface area contributed by atoms with Crippen LogP contribution in [0.3, 0.4) is 0 Å². The molecule has 0 spiro atoms. The molecule has 2 aromatic rings. The van der Waals surface area contributed by atoms with Gasteiger partial charge in [-0.2, -0.15) is 0 Å². The molecule has 0 fully saturated rings. The minimum Gasteiger partial charge on any atom is -0.349 e. The molecule has 0 unspecified atom stereocenters. The van der Waals surface area contributed by atoms with Crippen LogP contribution in [0, 0.1) is 0 Å². The van der Waals surface area contributed by atoms with Crippen molar-refractivity contribution in [2.45, 2.75) is 6.29 Å². The number of ketones is 1. The van der Waals surface area contributed by atoms with Gasteiger partial charge in [0.1, 0.15) is 0 Å². The number of benzene rings is 1. The molecule has 17 heavy (non-hydrogen) atoms. The molecule has 2 rings (SSSR count). The van der Waals surface area contributed by atoms with Crippen LogP contribution in [-0.4, -0.2) is 31.3 Å². The first-order valence-corrected chi connectivity index (χ1v) is 5.21. The number of nitrogens with zero attached hydrogens (tertiary/aromatic N) is 1. The lowest BCUT2D eigenvalue weighted by Crippen LogP contribution is -2.24. The first kappa shape index (κ1) is 11.7. The van der Waals surface area contributed by atoms with Crippen molar-refractivity contribution in [2.24, 2.45) is 0 Å². The molecule has 88 valence electrons. The van der Waals surface area contributed by atoms with Gasteiger partial charge in [-0.1, -0.05) is 6.07 Å². The van der Waals surface area contributed by atoms with E-state index < -0.39 is 6.29 Å². The van der Waals surface area contributed by atoms with Crippen LogP contribution in [0.2, 0.25) is 0 Å². The average molecular weight is 231 g/mol. The number of aromatic nitrogens is 1. The number of carbonyl (C=O) groups is 1. The SMILES string of the molecule is COC(OC)C(=O)c1ccc2ncccc2c1. The molecule has 0 aliphatic rings. The van der Waals surface area contributed by atoms with E-state index in [1.54, 1.807) is 18.3 Å². The van der Waals surface area contributed by atoms with Crippen LogP contribution in [0.15, 0.2) is 36.5 Å². The molecule has 0 bridgehead atoms. The predicted molar refractivity (Wildman–Crippen MR) is 63.9 cm³/mol. The predicted octanol–water partition coefficient (Wildman–Crippen LogP) is 2.04. The highest BCUT2D eigenvalue weighted by atomic mass is 16.7. The Labute approximate surface area is 99.2 Å². The maximum Gasteiger partial charge on any atom is 0.222 e. The maximum absolute atomic E-state index is 12.0. The summed E-state index contributed by atoms with van der Waals surface area (Å²) in [5.41, 5.74) is 1.41. The molecule has 0 atom stereocenters. The largest absolute Gasteiger partial charge is 0.349 e. The maximum atomic E-state index is 12.0. The van der Waals surface area contributed by atoms with Crippen LogP contribution in [-0.2, 0) is 9.47 Å². The Balaban J connectivity index is 2.39. The Bertz CT molecular complexity index is 535. The van der Waals surface area contributed by atoms with Crippen molar-refractivity contribution < 1.29 is 14.3 Å². The van der Waals surface area contributed by atoms with E-state index in [9.17, 15) is 4.79 Å². The molecule has 4 nitrogen and oxygen atoms in total. The van der Waals surface area contributed by atoms with Gasteiger partial charge in [-0.3, -0.25) is 9.78 Å². The molecule has 0 aliphatic carbocycles. The van der Waals surface area contributed by atoms with Crippen molar-refractivity contribution in [2.75, 3.05) is 14.2 Å². The van der Waals surface area contributed by atoms with Crippen molar-refractivity contribution in [3.8, 4) is 0 Å². The van der Waals surface area contributed by atoms with Gasteiger partial charge < -0.3 is 9.47 Å². The van der Waals surface area contributed by atoms with Gasteiger partial charge in [0.25, 0.3) is 0 Å². The number of hydrogen-bond acceptors (Lipinski definition) is 4. The zero-order chi connectivity index (χ0) is 12.3. The highest BCUT2D eigenvalue weighted by molar-refractivity contribution is 6.01. The van der Waals surface area contributed by atoms with E-state index in [-0.39, 0.29) is 5.78 Å². The molecular formula is C13H13NO3. The molecule has 1 aromatic heterocycles. The number of ether oxygens (including phenoxy) is 2. The van der Waals surface area contributed by atoms with Crippen molar-refractivity contribution >= 4 is 16.7 Å². The smallest absolute Gasteiger partial charge is 0.222 e. The summed E-state index contributed by atoms with van der Waals surface area (Å²) < 4.78 is 9.88. The highest BCUT2D eigenvalue weighted by Gasteiger charge is 2.18. The number of fused-ring (bicyclic) bond motifs is 1. The van der Waals surface area contributed by atoms with Crippen LogP contribution in [0.4, 0.5) is 0 Å². The van der Waals surface area contributed by atoms with Crippen molar-refractivity contribution in [3.63, 3.8) is 0 Å². The summed E-state index contributed by atoms with van der Waals surface area (Å²) in [6, 6.07) is 9.07. The fraction of sp³-hybridized carbons (Fsp3) is 0.231. The van der Waals surface area contributed by atoms with Crippen molar-refractivity contribution in [1.82, 2.24) is 4.98 Å². The van der Waals surface area contributed by atoms with Crippen LogP contribution in [0.1, 0.15) is 10.4 Å². The van der Waals surface area contributed by atoms with E-state index in [0.717, 1.165) is 10.9 Å². The van der Waals surface area contributed by atoms with Gasteiger partial charge in [-0.15, -0.1) is 0 Å². The second-order valence-electron chi connectivity index (χ2n) is 3.58. The number of carbonyl (C=O) groups excluding carboxylic acids is 1. The monoisotopic (exact) mass is 231 g/mol. The van der Waals surface area contributed by atoms with Gasteiger partial charge >= 0.3 is 0 Å². The minimum absolute atomic E-state index is 0.194. The van der Waals surface area contributed by atoms with Crippen LogP contribution in [0.5, 0.6) is 0 Å². The normalized spacial score (nSPS) is 11.0. The summed E-state index contributed by atoms with van der Waals surface area (Å²) in [5, 5.41) is 0.921. The second kappa shape index (κ2) is 5.03. The lowest BCUT2D eigenvalue weighted by atomic mass is 10.1. The van der Waals surface area contributed by atoms with Crippen molar-refractivity contribution in [3.05, 3.63) is 42.1 Å². The third-order valence-electron chi connectivity index (χ3n) is 2.53. The number of hydrogen-bond donors (Lipinski definition) is 0. The first-order valence-electron chi connectivity index (χ1n) is 5.21. The fourth-order valence-corrected chi connectivity index (χ4v) is 1.68. The van der Waals surface area contributed by atoms with Gasteiger partial charge in [0.15, 0.2) is 0 Å². The van der Waals surface area contributed by atoms with Gasteiger partial charge in [0.05, 0.1) is 5.52 Å². The highest BCUT2D eigenvalue weighted by Crippen LogP contribution is 2.15.